The quantitative estimate of drug-likeness (QED) is 0.655. The van der Waals surface area contributed by atoms with Gasteiger partial charge in [0.15, 0.2) is 5.78 Å². The second kappa shape index (κ2) is 6.65. The van der Waals surface area contributed by atoms with Crippen LogP contribution in [0.15, 0.2) is 48.5 Å². The van der Waals surface area contributed by atoms with E-state index in [2.05, 4.69) is 5.32 Å². The van der Waals surface area contributed by atoms with Crippen LogP contribution in [0, 0.1) is 0 Å². The average molecular weight is 294 g/mol. The highest BCUT2D eigenvalue weighted by molar-refractivity contribution is 6.09. The first kappa shape index (κ1) is 14.6. The predicted octanol–water partition coefficient (Wildman–Crippen LogP) is 4.24. The molecule has 0 aromatic heterocycles. The van der Waals surface area contributed by atoms with Crippen LogP contribution in [-0.2, 0) is 0 Å². The zero-order valence-corrected chi connectivity index (χ0v) is 12.7. The molecule has 0 spiro atoms. The molecule has 3 N–H and O–H groups in total. The van der Waals surface area contributed by atoms with Crippen molar-refractivity contribution in [2.24, 2.45) is 0 Å². The molecule has 0 saturated heterocycles. The van der Waals surface area contributed by atoms with E-state index in [0.29, 0.717) is 22.9 Å². The highest BCUT2D eigenvalue weighted by atomic mass is 16.1. The molecule has 1 saturated carbocycles. The van der Waals surface area contributed by atoms with Crippen LogP contribution >= 0.6 is 0 Å². The Bertz CT molecular complexity index is 646. The fraction of sp³-hybridized carbons (Fsp3) is 0.316. The van der Waals surface area contributed by atoms with Crippen molar-refractivity contribution in [1.29, 1.82) is 0 Å². The van der Waals surface area contributed by atoms with Crippen LogP contribution in [0.1, 0.15) is 48.0 Å². The van der Waals surface area contributed by atoms with Gasteiger partial charge in [-0.15, -0.1) is 0 Å². The smallest absolute Gasteiger partial charge is 0.193 e. The van der Waals surface area contributed by atoms with E-state index in [9.17, 15) is 4.79 Å². The highest BCUT2D eigenvalue weighted by Gasteiger charge is 2.16. The van der Waals surface area contributed by atoms with Crippen LogP contribution in [0.5, 0.6) is 0 Å². The van der Waals surface area contributed by atoms with Crippen molar-refractivity contribution in [2.75, 3.05) is 11.1 Å². The summed E-state index contributed by atoms with van der Waals surface area (Å²) in [5.41, 5.74) is 9.04. The number of carbonyl (C=O) groups excluding carboxylic acids is 1. The Hall–Kier alpha value is -2.29. The molecule has 3 nitrogen and oxygen atoms in total. The third-order valence-corrected chi connectivity index (χ3v) is 4.32. The van der Waals surface area contributed by atoms with E-state index >= 15 is 0 Å². The summed E-state index contributed by atoms with van der Waals surface area (Å²) >= 11 is 0. The zero-order valence-electron chi connectivity index (χ0n) is 12.7. The van der Waals surface area contributed by atoms with E-state index in [1.807, 2.05) is 42.5 Å². The predicted molar refractivity (Wildman–Crippen MR) is 91.2 cm³/mol. The van der Waals surface area contributed by atoms with E-state index in [-0.39, 0.29) is 5.78 Å². The summed E-state index contributed by atoms with van der Waals surface area (Å²) < 4.78 is 0. The normalized spacial score (nSPS) is 15.5. The van der Waals surface area contributed by atoms with E-state index < -0.39 is 0 Å². The molecule has 0 bridgehead atoms. The lowest BCUT2D eigenvalue weighted by atomic mass is 9.95. The number of hydrogen-bond donors (Lipinski definition) is 2. The van der Waals surface area contributed by atoms with E-state index in [0.717, 1.165) is 5.69 Å². The second-order valence-corrected chi connectivity index (χ2v) is 5.98. The monoisotopic (exact) mass is 294 g/mol. The van der Waals surface area contributed by atoms with Crippen molar-refractivity contribution in [3.63, 3.8) is 0 Å². The van der Waals surface area contributed by atoms with Crippen LogP contribution in [0.25, 0.3) is 0 Å². The number of nitrogen functional groups attached to an aromatic ring is 1. The molecule has 1 fully saturated rings. The van der Waals surface area contributed by atoms with Gasteiger partial charge in [0.2, 0.25) is 0 Å². The molecule has 0 heterocycles. The molecule has 0 atom stereocenters. The van der Waals surface area contributed by atoms with Crippen molar-refractivity contribution in [3.8, 4) is 0 Å². The van der Waals surface area contributed by atoms with Crippen molar-refractivity contribution >= 4 is 17.2 Å². The third kappa shape index (κ3) is 3.30. The van der Waals surface area contributed by atoms with Gasteiger partial charge in [0, 0.05) is 17.2 Å². The number of carbonyl (C=O) groups is 1. The second-order valence-electron chi connectivity index (χ2n) is 5.98. The SMILES string of the molecule is Nc1ccc(C(=O)c2ccccc2)cc1NC1CCCCC1. The number of nitrogens with one attached hydrogen (secondary N) is 1. The molecule has 0 unspecified atom stereocenters. The van der Waals surface area contributed by atoms with Gasteiger partial charge in [-0.25, -0.2) is 0 Å². The van der Waals surface area contributed by atoms with Crippen LogP contribution in [0.2, 0.25) is 0 Å². The summed E-state index contributed by atoms with van der Waals surface area (Å²) in [7, 11) is 0. The summed E-state index contributed by atoms with van der Waals surface area (Å²) in [6.07, 6.45) is 6.20. The Morgan fingerprint density at radius 2 is 1.68 bits per heavy atom. The van der Waals surface area contributed by atoms with Gasteiger partial charge in [0.05, 0.1) is 11.4 Å². The number of benzene rings is 2. The Kier molecular flexibility index (Phi) is 4.42. The Morgan fingerprint density at radius 1 is 0.955 bits per heavy atom. The van der Waals surface area contributed by atoms with Crippen molar-refractivity contribution in [1.82, 2.24) is 0 Å². The summed E-state index contributed by atoms with van der Waals surface area (Å²) in [6, 6.07) is 15.3. The van der Waals surface area contributed by atoms with Crippen LogP contribution < -0.4 is 11.1 Å². The Balaban J connectivity index is 1.81. The minimum Gasteiger partial charge on any atom is -0.397 e. The Labute approximate surface area is 131 Å². The first-order valence-electron chi connectivity index (χ1n) is 8.00. The van der Waals surface area contributed by atoms with Gasteiger partial charge >= 0.3 is 0 Å². The van der Waals surface area contributed by atoms with Crippen molar-refractivity contribution in [3.05, 3.63) is 59.7 Å². The lowest BCUT2D eigenvalue weighted by Crippen LogP contribution is -2.23. The maximum atomic E-state index is 12.5. The number of hydrogen-bond acceptors (Lipinski definition) is 3. The molecule has 1 aliphatic carbocycles. The molecule has 3 heteroatoms. The van der Waals surface area contributed by atoms with Gasteiger partial charge in [0.25, 0.3) is 0 Å². The van der Waals surface area contributed by atoms with E-state index in [1.165, 1.54) is 32.1 Å². The molecule has 2 aromatic rings. The molecule has 2 aromatic carbocycles. The van der Waals surface area contributed by atoms with Gasteiger partial charge in [-0.05, 0) is 31.0 Å². The van der Waals surface area contributed by atoms with Gasteiger partial charge < -0.3 is 11.1 Å². The lowest BCUT2D eigenvalue weighted by molar-refractivity contribution is 0.103. The van der Waals surface area contributed by atoms with Crippen LogP contribution in [-0.4, -0.2) is 11.8 Å². The molecule has 22 heavy (non-hydrogen) atoms. The first-order chi connectivity index (χ1) is 10.7. The summed E-state index contributed by atoms with van der Waals surface area (Å²) in [5.74, 6) is 0.0345. The molecule has 0 aliphatic heterocycles. The van der Waals surface area contributed by atoms with E-state index in [1.54, 1.807) is 6.07 Å². The zero-order chi connectivity index (χ0) is 15.4. The number of ketones is 1. The number of rotatable bonds is 4. The molecular formula is C19H22N2O. The largest absolute Gasteiger partial charge is 0.397 e. The van der Waals surface area contributed by atoms with Gasteiger partial charge in [0.1, 0.15) is 0 Å². The molecular weight excluding hydrogens is 272 g/mol. The maximum Gasteiger partial charge on any atom is 0.193 e. The summed E-state index contributed by atoms with van der Waals surface area (Å²) in [4.78, 5) is 12.5. The van der Waals surface area contributed by atoms with Crippen molar-refractivity contribution < 1.29 is 4.79 Å². The number of nitrogens with two attached hydrogens (primary N) is 1. The minimum atomic E-state index is 0.0345. The molecule has 0 amide bonds. The standard InChI is InChI=1S/C19H22N2O/c20-17-12-11-15(19(22)14-7-3-1-4-8-14)13-18(17)21-16-9-5-2-6-10-16/h1,3-4,7-8,11-13,16,21H,2,5-6,9-10,20H2. The Morgan fingerprint density at radius 3 is 2.41 bits per heavy atom. The van der Waals surface area contributed by atoms with Gasteiger partial charge in [-0.1, -0.05) is 49.6 Å². The van der Waals surface area contributed by atoms with Crippen LogP contribution in [0.3, 0.4) is 0 Å². The van der Waals surface area contributed by atoms with Gasteiger partial charge in [-0.3, -0.25) is 4.79 Å². The van der Waals surface area contributed by atoms with Gasteiger partial charge in [-0.2, -0.15) is 0 Å². The van der Waals surface area contributed by atoms with E-state index in [4.69, 9.17) is 5.73 Å². The highest BCUT2D eigenvalue weighted by Crippen LogP contribution is 2.26. The fourth-order valence-corrected chi connectivity index (χ4v) is 3.05. The molecule has 3 rings (SSSR count). The van der Waals surface area contributed by atoms with Crippen molar-refractivity contribution in [2.45, 2.75) is 38.1 Å². The summed E-state index contributed by atoms with van der Waals surface area (Å²) in [5, 5.41) is 3.52. The molecule has 114 valence electrons. The topological polar surface area (TPSA) is 55.1 Å². The third-order valence-electron chi connectivity index (χ3n) is 4.32. The van der Waals surface area contributed by atoms with Crippen LogP contribution in [0.4, 0.5) is 11.4 Å². The maximum absolute atomic E-state index is 12.5. The lowest BCUT2D eigenvalue weighted by Gasteiger charge is -2.24. The fourth-order valence-electron chi connectivity index (χ4n) is 3.05. The average Bonchev–Trinajstić information content (AvgIpc) is 2.58. The number of anilines is 2. The molecule has 1 aliphatic rings. The first-order valence-corrected chi connectivity index (χ1v) is 8.00. The molecule has 0 radical (unpaired) electrons. The summed E-state index contributed by atoms with van der Waals surface area (Å²) in [6.45, 7) is 0. The minimum absolute atomic E-state index is 0.0345.